The molecule has 144 valence electrons. The molecule has 0 spiro atoms. The van der Waals surface area contributed by atoms with Crippen molar-refractivity contribution < 1.29 is 9.53 Å². The van der Waals surface area contributed by atoms with Crippen molar-refractivity contribution in [2.24, 2.45) is 0 Å². The molecule has 1 aromatic heterocycles. The van der Waals surface area contributed by atoms with Gasteiger partial charge in [-0.15, -0.1) is 0 Å². The third kappa shape index (κ3) is 4.88. The second-order valence-corrected chi connectivity index (χ2v) is 6.66. The van der Waals surface area contributed by atoms with Crippen LogP contribution >= 0.6 is 0 Å². The number of carbonyl (C=O) groups excluding carboxylic acids is 1. The highest BCUT2D eigenvalue weighted by atomic mass is 16.5. The first-order valence-electron chi connectivity index (χ1n) is 9.27. The molecule has 3 rings (SSSR count). The summed E-state index contributed by atoms with van der Waals surface area (Å²) in [5.74, 6) is 1.44. The first-order chi connectivity index (χ1) is 13.6. The van der Waals surface area contributed by atoms with E-state index < -0.39 is 0 Å². The maximum absolute atomic E-state index is 12.5. The fraction of sp³-hybridized carbons (Fsp3) is 0.217. The van der Waals surface area contributed by atoms with Gasteiger partial charge < -0.3 is 15.4 Å². The third-order valence-corrected chi connectivity index (χ3v) is 4.73. The number of hydrogen-bond acceptors (Lipinski definition) is 4. The summed E-state index contributed by atoms with van der Waals surface area (Å²) in [7, 11) is 1.67. The Morgan fingerprint density at radius 1 is 1.07 bits per heavy atom. The summed E-state index contributed by atoms with van der Waals surface area (Å²) < 4.78 is 5.24. The lowest BCUT2D eigenvalue weighted by atomic mass is 10.1. The fourth-order valence-corrected chi connectivity index (χ4v) is 2.88. The van der Waals surface area contributed by atoms with Gasteiger partial charge in [-0.2, -0.15) is 0 Å². The Bertz CT molecular complexity index is 952. The molecule has 0 atom stereocenters. The Morgan fingerprint density at radius 3 is 2.64 bits per heavy atom. The summed E-state index contributed by atoms with van der Waals surface area (Å²) in [6.45, 7) is 4.77. The van der Waals surface area contributed by atoms with Gasteiger partial charge in [0.2, 0.25) is 0 Å². The molecule has 5 heteroatoms. The molecule has 0 aliphatic rings. The van der Waals surface area contributed by atoms with Crippen LogP contribution in [0.5, 0.6) is 5.75 Å². The molecule has 28 heavy (non-hydrogen) atoms. The van der Waals surface area contributed by atoms with Crippen LogP contribution in [0.2, 0.25) is 0 Å². The molecule has 1 amide bonds. The Labute approximate surface area is 165 Å². The predicted octanol–water partition coefficient (Wildman–Crippen LogP) is 4.61. The van der Waals surface area contributed by atoms with E-state index >= 15 is 0 Å². The molecule has 0 saturated heterocycles. The molecule has 0 unspecified atom stereocenters. The van der Waals surface area contributed by atoms with Crippen molar-refractivity contribution in [1.29, 1.82) is 0 Å². The molecule has 2 aromatic carbocycles. The highest BCUT2D eigenvalue weighted by Crippen LogP contribution is 2.19. The number of nitrogens with zero attached hydrogens (tertiary/aromatic N) is 1. The topological polar surface area (TPSA) is 63.2 Å². The minimum atomic E-state index is -0.163. The molecule has 0 radical (unpaired) electrons. The van der Waals surface area contributed by atoms with Gasteiger partial charge in [0.25, 0.3) is 5.91 Å². The van der Waals surface area contributed by atoms with E-state index in [1.54, 1.807) is 19.4 Å². The summed E-state index contributed by atoms with van der Waals surface area (Å²) in [5.41, 5.74) is 4.76. The summed E-state index contributed by atoms with van der Waals surface area (Å²) >= 11 is 0. The van der Waals surface area contributed by atoms with Crippen molar-refractivity contribution in [1.82, 2.24) is 4.98 Å². The quantitative estimate of drug-likeness (QED) is 0.633. The predicted molar refractivity (Wildman–Crippen MR) is 113 cm³/mol. The molecule has 1 heterocycles. The van der Waals surface area contributed by atoms with Crippen molar-refractivity contribution in [2.75, 3.05) is 24.3 Å². The summed E-state index contributed by atoms with van der Waals surface area (Å²) in [6, 6.07) is 17.5. The van der Waals surface area contributed by atoms with Crippen LogP contribution in [-0.2, 0) is 6.42 Å². The van der Waals surface area contributed by atoms with Crippen LogP contribution < -0.4 is 15.4 Å². The number of methoxy groups -OCH3 is 1. The lowest BCUT2D eigenvalue weighted by Crippen LogP contribution is -2.14. The van der Waals surface area contributed by atoms with Crippen molar-refractivity contribution >= 4 is 17.4 Å². The molecule has 0 aliphatic heterocycles. The van der Waals surface area contributed by atoms with E-state index in [-0.39, 0.29) is 5.91 Å². The van der Waals surface area contributed by atoms with Crippen molar-refractivity contribution in [3.05, 3.63) is 83.0 Å². The van der Waals surface area contributed by atoms with Gasteiger partial charge in [0.15, 0.2) is 0 Å². The zero-order valence-corrected chi connectivity index (χ0v) is 16.5. The second kappa shape index (κ2) is 9.04. The van der Waals surface area contributed by atoms with Gasteiger partial charge in [0.1, 0.15) is 11.6 Å². The standard InChI is InChI=1S/C23H25N3O2/c1-16-6-4-9-21(17(16)2)26-23(27)19-10-11-22(25-15-19)24-13-12-18-7-5-8-20(14-18)28-3/h4-11,14-15H,12-13H2,1-3H3,(H,24,25)(H,26,27). The van der Waals surface area contributed by atoms with E-state index in [1.165, 1.54) is 5.56 Å². The maximum Gasteiger partial charge on any atom is 0.257 e. The lowest BCUT2D eigenvalue weighted by Gasteiger charge is -2.11. The van der Waals surface area contributed by atoms with Gasteiger partial charge in [0, 0.05) is 18.4 Å². The summed E-state index contributed by atoms with van der Waals surface area (Å²) in [5, 5.41) is 6.23. The van der Waals surface area contributed by atoms with E-state index in [1.807, 2.05) is 56.3 Å². The molecule has 3 aromatic rings. The molecule has 0 saturated carbocycles. The summed E-state index contributed by atoms with van der Waals surface area (Å²) in [6.07, 6.45) is 2.45. The Kier molecular flexibility index (Phi) is 6.27. The number of aryl methyl sites for hydroxylation is 1. The number of aromatic nitrogens is 1. The zero-order valence-electron chi connectivity index (χ0n) is 16.5. The van der Waals surface area contributed by atoms with Crippen molar-refractivity contribution in [3.63, 3.8) is 0 Å². The molecule has 5 nitrogen and oxygen atoms in total. The van der Waals surface area contributed by atoms with Crippen LogP contribution in [0.3, 0.4) is 0 Å². The van der Waals surface area contributed by atoms with Gasteiger partial charge in [-0.3, -0.25) is 4.79 Å². The normalized spacial score (nSPS) is 10.4. The van der Waals surface area contributed by atoms with Gasteiger partial charge in [-0.25, -0.2) is 4.98 Å². The Morgan fingerprint density at radius 2 is 1.89 bits per heavy atom. The largest absolute Gasteiger partial charge is 0.497 e. The van der Waals surface area contributed by atoms with E-state index in [9.17, 15) is 4.79 Å². The van der Waals surface area contributed by atoms with Crippen LogP contribution in [0, 0.1) is 13.8 Å². The van der Waals surface area contributed by atoms with E-state index in [4.69, 9.17) is 4.74 Å². The van der Waals surface area contributed by atoms with Crippen LogP contribution in [0.25, 0.3) is 0 Å². The Balaban J connectivity index is 1.55. The Hall–Kier alpha value is -3.34. The van der Waals surface area contributed by atoms with Gasteiger partial charge in [0.05, 0.1) is 12.7 Å². The molecule has 0 bridgehead atoms. The number of carbonyl (C=O) groups is 1. The molecule has 0 fully saturated rings. The average molecular weight is 375 g/mol. The van der Waals surface area contributed by atoms with Crippen molar-refractivity contribution in [3.8, 4) is 5.75 Å². The van der Waals surface area contributed by atoms with Gasteiger partial charge in [-0.05, 0) is 67.3 Å². The molecule has 2 N–H and O–H groups in total. The minimum absolute atomic E-state index is 0.163. The zero-order chi connectivity index (χ0) is 19.9. The third-order valence-electron chi connectivity index (χ3n) is 4.73. The highest BCUT2D eigenvalue weighted by Gasteiger charge is 2.09. The highest BCUT2D eigenvalue weighted by molar-refractivity contribution is 6.04. The number of anilines is 2. The van der Waals surface area contributed by atoms with E-state index in [0.29, 0.717) is 5.56 Å². The maximum atomic E-state index is 12.5. The average Bonchev–Trinajstić information content (AvgIpc) is 2.72. The lowest BCUT2D eigenvalue weighted by molar-refractivity contribution is 0.102. The first kappa shape index (κ1) is 19.4. The van der Waals surface area contributed by atoms with E-state index in [0.717, 1.165) is 41.3 Å². The van der Waals surface area contributed by atoms with E-state index in [2.05, 4.69) is 21.7 Å². The number of hydrogen-bond donors (Lipinski definition) is 2. The monoisotopic (exact) mass is 375 g/mol. The summed E-state index contributed by atoms with van der Waals surface area (Å²) in [4.78, 5) is 16.8. The minimum Gasteiger partial charge on any atom is -0.497 e. The number of benzene rings is 2. The number of nitrogens with one attached hydrogen (secondary N) is 2. The van der Waals surface area contributed by atoms with Gasteiger partial charge in [-0.1, -0.05) is 24.3 Å². The number of ether oxygens (including phenoxy) is 1. The number of pyridine rings is 1. The van der Waals surface area contributed by atoms with Crippen LogP contribution in [0.1, 0.15) is 27.0 Å². The van der Waals surface area contributed by atoms with Crippen LogP contribution in [0.4, 0.5) is 11.5 Å². The van der Waals surface area contributed by atoms with Crippen LogP contribution in [0.15, 0.2) is 60.8 Å². The van der Waals surface area contributed by atoms with Gasteiger partial charge >= 0.3 is 0 Å². The van der Waals surface area contributed by atoms with Crippen LogP contribution in [-0.4, -0.2) is 24.5 Å². The fourth-order valence-electron chi connectivity index (χ4n) is 2.88. The molecular weight excluding hydrogens is 350 g/mol. The molecular formula is C23H25N3O2. The smallest absolute Gasteiger partial charge is 0.257 e. The SMILES string of the molecule is COc1cccc(CCNc2ccc(C(=O)Nc3cccc(C)c3C)cn2)c1. The number of rotatable bonds is 7. The second-order valence-electron chi connectivity index (χ2n) is 6.66. The van der Waals surface area contributed by atoms with Crippen molar-refractivity contribution in [2.45, 2.75) is 20.3 Å². The number of amides is 1. The molecule has 0 aliphatic carbocycles. The first-order valence-corrected chi connectivity index (χ1v) is 9.27.